The summed E-state index contributed by atoms with van der Waals surface area (Å²) in [5, 5.41) is 1.23. The van der Waals surface area contributed by atoms with Crippen LogP contribution < -0.4 is 0 Å². The van der Waals surface area contributed by atoms with Crippen molar-refractivity contribution in [3.05, 3.63) is 35.0 Å². The molecule has 98 valence electrons. The summed E-state index contributed by atoms with van der Waals surface area (Å²) in [6.45, 7) is 3.65. The molecule has 1 aromatic carbocycles. The van der Waals surface area contributed by atoms with E-state index in [0.29, 0.717) is 6.42 Å². The average molecular weight is 255 g/mol. The zero-order chi connectivity index (χ0) is 13.6. The molecule has 0 unspecified atom stereocenters. The molecule has 1 aliphatic carbocycles. The second-order valence-electron chi connectivity index (χ2n) is 5.52. The predicted octanol–water partition coefficient (Wildman–Crippen LogP) is 2.91. The van der Waals surface area contributed by atoms with Crippen molar-refractivity contribution in [1.82, 2.24) is 4.98 Å². The Bertz CT molecular complexity index is 669. The van der Waals surface area contributed by atoms with Gasteiger partial charge in [0, 0.05) is 34.9 Å². The Hall–Kier alpha value is -1.90. The number of hydrogen-bond donors (Lipinski definition) is 1. The Labute approximate surface area is 112 Å². The van der Waals surface area contributed by atoms with Crippen LogP contribution in [0.3, 0.4) is 0 Å². The number of Topliss-reactive ketones (excluding diaryl/α,β-unsaturated/α-hetero) is 1. The SMILES string of the molecule is CC(=O)C[C@@H]1c2cccc3[nH]c(C)c(c23)C[C@H]1C=O. The molecule has 0 fully saturated rings. The van der Waals surface area contributed by atoms with E-state index in [0.717, 1.165) is 29.5 Å². The number of hydrogen-bond acceptors (Lipinski definition) is 2. The van der Waals surface area contributed by atoms with Gasteiger partial charge in [0.15, 0.2) is 0 Å². The molecular formula is C16H17NO2. The maximum Gasteiger partial charge on any atom is 0.130 e. The van der Waals surface area contributed by atoms with E-state index in [-0.39, 0.29) is 17.6 Å². The maximum absolute atomic E-state index is 11.5. The number of H-pyrrole nitrogens is 1. The molecule has 0 spiro atoms. The number of aldehydes is 1. The van der Waals surface area contributed by atoms with Crippen molar-refractivity contribution in [2.24, 2.45) is 5.92 Å². The largest absolute Gasteiger partial charge is 0.358 e. The van der Waals surface area contributed by atoms with Crippen LogP contribution in [0.1, 0.15) is 36.1 Å². The number of aryl methyl sites for hydroxylation is 1. The minimum atomic E-state index is -0.0866. The van der Waals surface area contributed by atoms with E-state index in [1.807, 2.05) is 13.0 Å². The lowest BCUT2D eigenvalue weighted by molar-refractivity contribution is -0.118. The summed E-state index contributed by atoms with van der Waals surface area (Å²) in [5.41, 5.74) is 4.64. The van der Waals surface area contributed by atoms with Gasteiger partial charge < -0.3 is 14.6 Å². The second kappa shape index (κ2) is 4.34. The highest BCUT2D eigenvalue weighted by molar-refractivity contribution is 5.91. The third-order valence-corrected chi connectivity index (χ3v) is 4.21. The first-order chi connectivity index (χ1) is 9.11. The highest BCUT2D eigenvalue weighted by Gasteiger charge is 2.32. The minimum Gasteiger partial charge on any atom is -0.358 e. The van der Waals surface area contributed by atoms with E-state index in [1.54, 1.807) is 6.92 Å². The fourth-order valence-electron chi connectivity index (χ4n) is 3.36. The molecule has 1 heterocycles. The first-order valence-electron chi connectivity index (χ1n) is 6.66. The van der Waals surface area contributed by atoms with Gasteiger partial charge in [-0.25, -0.2) is 0 Å². The molecule has 1 aromatic heterocycles. The monoisotopic (exact) mass is 255 g/mol. The van der Waals surface area contributed by atoms with Crippen LogP contribution in [-0.4, -0.2) is 17.1 Å². The summed E-state index contributed by atoms with van der Waals surface area (Å²) >= 11 is 0. The highest BCUT2D eigenvalue weighted by Crippen LogP contribution is 2.42. The molecule has 0 amide bonds. The van der Waals surface area contributed by atoms with Gasteiger partial charge in [0.05, 0.1) is 0 Å². The third kappa shape index (κ3) is 1.81. The average Bonchev–Trinajstić information content (AvgIpc) is 2.69. The number of aromatic nitrogens is 1. The number of benzene rings is 1. The van der Waals surface area contributed by atoms with E-state index in [1.165, 1.54) is 10.9 Å². The van der Waals surface area contributed by atoms with Crippen molar-refractivity contribution in [1.29, 1.82) is 0 Å². The van der Waals surface area contributed by atoms with Crippen LogP contribution in [0.15, 0.2) is 18.2 Å². The lowest BCUT2D eigenvalue weighted by Gasteiger charge is -2.28. The molecule has 3 heteroatoms. The van der Waals surface area contributed by atoms with E-state index in [4.69, 9.17) is 0 Å². The molecule has 3 nitrogen and oxygen atoms in total. The standard InChI is InChI=1S/C16H17NO2/c1-9(19)6-14-11(8-18)7-13-10(2)17-15-5-3-4-12(14)16(13)15/h3-5,8,11,14,17H,6-7H2,1-2H3/t11-,14-/m0/s1. The van der Waals surface area contributed by atoms with Crippen molar-refractivity contribution < 1.29 is 9.59 Å². The quantitative estimate of drug-likeness (QED) is 0.857. The fraction of sp³-hybridized carbons (Fsp3) is 0.375. The first-order valence-corrected chi connectivity index (χ1v) is 6.66. The van der Waals surface area contributed by atoms with Gasteiger partial charge in [-0.2, -0.15) is 0 Å². The molecule has 19 heavy (non-hydrogen) atoms. The van der Waals surface area contributed by atoms with Gasteiger partial charge in [-0.3, -0.25) is 0 Å². The number of carbonyl (C=O) groups is 2. The summed E-state index contributed by atoms with van der Waals surface area (Å²) in [5.74, 6) is 0.0856. The van der Waals surface area contributed by atoms with Gasteiger partial charge in [0.2, 0.25) is 0 Å². The van der Waals surface area contributed by atoms with E-state index >= 15 is 0 Å². The maximum atomic E-state index is 11.5. The lowest BCUT2D eigenvalue weighted by Crippen LogP contribution is -2.23. The zero-order valence-electron chi connectivity index (χ0n) is 11.2. The molecule has 2 atom stereocenters. The third-order valence-electron chi connectivity index (χ3n) is 4.21. The Morgan fingerprint density at radius 1 is 1.47 bits per heavy atom. The molecule has 2 aromatic rings. The van der Waals surface area contributed by atoms with Crippen molar-refractivity contribution in [2.75, 3.05) is 0 Å². The van der Waals surface area contributed by atoms with Crippen molar-refractivity contribution >= 4 is 23.0 Å². The van der Waals surface area contributed by atoms with Gasteiger partial charge in [-0.05, 0) is 37.5 Å². The van der Waals surface area contributed by atoms with Crippen LogP contribution in [0.5, 0.6) is 0 Å². The Kier molecular flexibility index (Phi) is 2.77. The number of aromatic amines is 1. The zero-order valence-corrected chi connectivity index (χ0v) is 11.2. The second-order valence-corrected chi connectivity index (χ2v) is 5.52. The van der Waals surface area contributed by atoms with E-state index in [2.05, 4.69) is 17.1 Å². The molecule has 0 saturated heterocycles. The summed E-state index contributed by atoms with van der Waals surface area (Å²) in [6.07, 6.45) is 2.21. The summed E-state index contributed by atoms with van der Waals surface area (Å²) < 4.78 is 0. The molecule has 3 rings (SSSR count). The molecule has 1 aliphatic rings. The van der Waals surface area contributed by atoms with Gasteiger partial charge >= 0.3 is 0 Å². The smallest absolute Gasteiger partial charge is 0.130 e. The highest BCUT2D eigenvalue weighted by atomic mass is 16.1. The van der Waals surface area contributed by atoms with Crippen LogP contribution >= 0.6 is 0 Å². The minimum absolute atomic E-state index is 0.0291. The predicted molar refractivity (Wildman–Crippen MR) is 74.3 cm³/mol. The van der Waals surface area contributed by atoms with Gasteiger partial charge in [0.25, 0.3) is 0 Å². The summed E-state index contributed by atoms with van der Waals surface area (Å²) in [6, 6.07) is 6.11. The number of carbonyl (C=O) groups excluding carboxylic acids is 2. The van der Waals surface area contributed by atoms with Crippen LogP contribution in [0, 0.1) is 12.8 Å². The molecule has 1 N–H and O–H groups in total. The van der Waals surface area contributed by atoms with Crippen LogP contribution in [-0.2, 0) is 16.0 Å². The topological polar surface area (TPSA) is 49.9 Å². The Balaban J connectivity index is 2.23. The Morgan fingerprint density at radius 2 is 2.26 bits per heavy atom. The van der Waals surface area contributed by atoms with Gasteiger partial charge in [0.1, 0.15) is 12.1 Å². The van der Waals surface area contributed by atoms with Crippen LogP contribution in [0.4, 0.5) is 0 Å². The van der Waals surface area contributed by atoms with Gasteiger partial charge in [-0.1, -0.05) is 12.1 Å². The fourth-order valence-corrected chi connectivity index (χ4v) is 3.36. The van der Waals surface area contributed by atoms with Crippen molar-refractivity contribution in [3.63, 3.8) is 0 Å². The van der Waals surface area contributed by atoms with Crippen molar-refractivity contribution in [2.45, 2.75) is 32.6 Å². The van der Waals surface area contributed by atoms with Crippen LogP contribution in [0.2, 0.25) is 0 Å². The van der Waals surface area contributed by atoms with Crippen molar-refractivity contribution in [3.8, 4) is 0 Å². The number of ketones is 1. The normalized spacial score (nSPS) is 21.6. The molecule has 0 bridgehead atoms. The van der Waals surface area contributed by atoms with E-state index in [9.17, 15) is 9.59 Å². The molecule has 0 aliphatic heterocycles. The molecule has 0 radical (unpaired) electrons. The molecule has 0 saturated carbocycles. The lowest BCUT2D eigenvalue weighted by atomic mass is 9.74. The number of nitrogens with one attached hydrogen (secondary N) is 1. The number of rotatable bonds is 3. The van der Waals surface area contributed by atoms with Gasteiger partial charge in [-0.15, -0.1) is 0 Å². The van der Waals surface area contributed by atoms with Crippen LogP contribution in [0.25, 0.3) is 10.9 Å². The Morgan fingerprint density at radius 3 is 2.95 bits per heavy atom. The van der Waals surface area contributed by atoms with E-state index < -0.39 is 0 Å². The molecular weight excluding hydrogens is 238 g/mol. The first kappa shape index (κ1) is 12.2. The summed E-state index contributed by atoms with van der Waals surface area (Å²) in [4.78, 5) is 26.3. The summed E-state index contributed by atoms with van der Waals surface area (Å²) in [7, 11) is 0.